The first-order valence-electron chi connectivity index (χ1n) is 7.10. The molecule has 1 saturated heterocycles. The molecule has 1 fully saturated rings. The minimum Gasteiger partial charge on any atom is -0.495 e. The highest BCUT2D eigenvalue weighted by molar-refractivity contribution is 6.11. The van der Waals surface area contributed by atoms with Gasteiger partial charge in [0.25, 0.3) is 0 Å². The first-order chi connectivity index (χ1) is 10.4. The van der Waals surface area contributed by atoms with Crippen molar-refractivity contribution in [3.8, 4) is 11.5 Å². The van der Waals surface area contributed by atoms with Crippen molar-refractivity contribution in [1.29, 1.82) is 0 Å². The number of epoxide rings is 1. The van der Waals surface area contributed by atoms with E-state index in [9.17, 15) is 0 Å². The zero-order valence-corrected chi connectivity index (χ0v) is 11.8. The van der Waals surface area contributed by atoms with Gasteiger partial charge in [-0.25, -0.2) is 0 Å². The Labute approximate surface area is 123 Å². The van der Waals surface area contributed by atoms with E-state index >= 15 is 0 Å². The van der Waals surface area contributed by atoms with Crippen LogP contribution in [0.2, 0.25) is 0 Å². The van der Waals surface area contributed by atoms with Gasteiger partial charge in [0.15, 0.2) is 0 Å². The predicted octanol–water partition coefficient (Wildman–Crippen LogP) is 3.78. The van der Waals surface area contributed by atoms with Crippen molar-refractivity contribution in [2.45, 2.75) is 6.10 Å². The Morgan fingerprint density at radius 1 is 0.905 bits per heavy atom. The zero-order chi connectivity index (χ0) is 14.2. The average molecular weight is 280 g/mol. The van der Waals surface area contributed by atoms with Crippen molar-refractivity contribution in [1.82, 2.24) is 0 Å². The zero-order valence-electron chi connectivity index (χ0n) is 11.8. The average Bonchev–Trinajstić information content (AvgIpc) is 3.35. The van der Waals surface area contributed by atoms with Gasteiger partial charge < -0.3 is 14.2 Å². The van der Waals surface area contributed by atoms with Gasteiger partial charge in [-0.2, -0.15) is 0 Å². The van der Waals surface area contributed by atoms with Crippen molar-refractivity contribution in [2.24, 2.45) is 0 Å². The van der Waals surface area contributed by atoms with Gasteiger partial charge in [-0.1, -0.05) is 48.5 Å². The maximum atomic E-state index is 6.08. The van der Waals surface area contributed by atoms with E-state index in [4.69, 9.17) is 14.2 Å². The van der Waals surface area contributed by atoms with E-state index in [-0.39, 0.29) is 6.10 Å². The van der Waals surface area contributed by atoms with Crippen LogP contribution in [0, 0.1) is 0 Å². The van der Waals surface area contributed by atoms with Crippen LogP contribution < -0.4 is 9.47 Å². The number of methoxy groups -OCH3 is 1. The molecule has 1 aliphatic rings. The molecule has 0 radical (unpaired) electrons. The van der Waals surface area contributed by atoms with Crippen LogP contribution in [0.4, 0.5) is 0 Å². The molecule has 3 nitrogen and oxygen atoms in total. The summed E-state index contributed by atoms with van der Waals surface area (Å²) in [6.45, 7) is 1.40. The van der Waals surface area contributed by atoms with E-state index < -0.39 is 0 Å². The Bertz CT molecular complexity index is 749. The van der Waals surface area contributed by atoms with E-state index in [0.717, 1.165) is 39.7 Å². The molecular weight excluding hydrogens is 264 g/mol. The summed E-state index contributed by atoms with van der Waals surface area (Å²) in [7, 11) is 1.72. The molecule has 0 bridgehead atoms. The second-order valence-corrected chi connectivity index (χ2v) is 5.22. The van der Waals surface area contributed by atoms with Crippen LogP contribution in [0.15, 0.2) is 48.5 Å². The summed E-state index contributed by atoms with van der Waals surface area (Å²) >= 11 is 0. The molecule has 3 aromatic rings. The summed E-state index contributed by atoms with van der Waals surface area (Å²) in [5.41, 5.74) is 0. The molecular formula is C18H16O3. The Balaban J connectivity index is 2.01. The Hall–Kier alpha value is -2.26. The third-order valence-corrected chi connectivity index (χ3v) is 3.85. The van der Waals surface area contributed by atoms with E-state index in [1.165, 1.54) is 0 Å². The van der Waals surface area contributed by atoms with Gasteiger partial charge in [-0.15, -0.1) is 0 Å². The number of ether oxygens (including phenoxy) is 3. The SMILES string of the molecule is COc1c2ccccc2c(OCC2CO2)c2ccccc12. The van der Waals surface area contributed by atoms with Gasteiger partial charge in [0.05, 0.1) is 13.7 Å². The van der Waals surface area contributed by atoms with Crippen molar-refractivity contribution in [2.75, 3.05) is 20.3 Å². The first kappa shape index (κ1) is 12.5. The molecule has 21 heavy (non-hydrogen) atoms. The molecule has 1 heterocycles. The lowest BCUT2D eigenvalue weighted by molar-refractivity contribution is 0.267. The maximum Gasteiger partial charge on any atom is 0.135 e. The molecule has 0 aliphatic carbocycles. The molecule has 0 N–H and O–H groups in total. The molecule has 3 heteroatoms. The van der Waals surface area contributed by atoms with Gasteiger partial charge in [-0.3, -0.25) is 0 Å². The fourth-order valence-electron chi connectivity index (χ4n) is 2.76. The molecule has 1 unspecified atom stereocenters. The molecule has 0 saturated carbocycles. The normalized spacial score (nSPS) is 17.1. The fourth-order valence-corrected chi connectivity index (χ4v) is 2.76. The molecule has 3 aromatic carbocycles. The van der Waals surface area contributed by atoms with Crippen LogP contribution >= 0.6 is 0 Å². The van der Waals surface area contributed by atoms with Crippen molar-refractivity contribution >= 4 is 21.5 Å². The van der Waals surface area contributed by atoms with Crippen LogP contribution in [0.25, 0.3) is 21.5 Å². The maximum absolute atomic E-state index is 6.08. The monoisotopic (exact) mass is 280 g/mol. The van der Waals surface area contributed by atoms with Crippen LogP contribution in [-0.2, 0) is 4.74 Å². The number of hydrogen-bond donors (Lipinski definition) is 0. The van der Waals surface area contributed by atoms with E-state index in [1.807, 2.05) is 24.3 Å². The number of hydrogen-bond acceptors (Lipinski definition) is 3. The van der Waals surface area contributed by atoms with Crippen LogP contribution in [0.3, 0.4) is 0 Å². The summed E-state index contributed by atoms with van der Waals surface area (Å²) < 4.78 is 17.0. The summed E-state index contributed by atoms with van der Waals surface area (Å²) in [5, 5.41) is 4.30. The summed E-state index contributed by atoms with van der Waals surface area (Å²) in [5.74, 6) is 1.81. The topological polar surface area (TPSA) is 31.0 Å². The fraction of sp³-hybridized carbons (Fsp3) is 0.222. The minimum atomic E-state index is 0.240. The highest BCUT2D eigenvalue weighted by Gasteiger charge is 2.24. The first-order valence-corrected chi connectivity index (χ1v) is 7.10. The summed E-state index contributed by atoms with van der Waals surface area (Å²) in [6, 6.07) is 16.4. The van der Waals surface area contributed by atoms with Gasteiger partial charge in [0.2, 0.25) is 0 Å². The Morgan fingerprint density at radius 2 is 1.38 bits per heavy atom. The van der Waals surface area contributed by atoms with E-state index in [0.29, 0.717) is 6.61 Å². The van der Waals surface area contributed by atoms with Crippen molar-refractivity contribution < 1.29 is 14.2 Å². The number of benzene rings is 3. The number of rotatable bonds is 4. The standard InChI is InChI=1S/C18H16O3/c1-19-17-13-6-2-4-8-15(13)18(21-11-12-10-20-12)16-9-5-3-7-14(16)17/h2-9,12H,10-11H2,1H3. The van der Waals surface area contributed by atoms with Crippen molar-refractivity contribution in [3.63, 3.8) is 0 Å². The lowest BCUT2D eigenvalue weighted by Crippen LogP contribution is -2.05. The molecule has 4 rings (SSSR count). The van der Waals surface area contributed by atoms with Gasteiger partial charge in [0.1, 0.15) is 24.2 Å². The van der Waals surface area contributed by atoms with Gasteiger partial charge in [-0.05, 0) is 0 Å². The Kier molecular flexibility index (Phi) is 2.93. The molecule has 1 aliphatic heterocycles. The summed E-state index contributed by atoms with van der Waals surface area (Å²) in [4.78, 5) is 0. The lowest BCUT2D eigenvalue weighted by Gasteiger charge is -2.16. The molecule has 0 aromatic heterocycles. The third-order valence-electron chi connectivity index (χ3n) is 3.85. The van der Waals surface area contributed by atoms with Gasteiger partial charge >= 0.3 is 0 Å². The third kappa shape index (κ3) is 2.10. The second-order valence-electron chi connectivity index (χ2n) is 5.22. The minimum absolute atomic E-state index is 0.240. The smallest absolute Gasteiger partial charge is 0.135 e. The second kappa shape index (κ2) is 4.93. The molecule has 0 amide bonds. The van der Waals surface area contributed by atoms with E-state index in [2.05, 4.69) is 24.3 Å². The largest absolute Gasteiger partial charge is 0.495 e. The van der Waals surface area contributed by atoms with Crippen LogP contribution in [-0.4, -0.2) is 26.4 Å². The summed E-state index contributed by atoms with van der Waals surface area (Å²) in [6.07, 6.45) is 0.240. The highest BCUT2D eigenvalue weighted by Crippen LogP contribution is 2.42. The van der Waals surface area contributed by atoms with Gasteiger partial charge in [0, 0.05) is 21.5 Å². The molecule has 1 atom stereocenters. The Morgan fingerprint density at radius 3 is 1.81 bits per heavy atom. The predicted molar refractivity (Wildman–Crippen MR) is 83.2 cm³/mol. The van der Waals surface area contributed by atoms with Crippen molar-refractivity contribution in [3.05, 3.63) is 48.5 Å². The van der Waals surface area contributed by atoms with Crippen LogP contribution in [0.1, 0.15) is 0 Å². The molecule has 0 spiro atoms. The quantitative estimate of drug-likeness (QED) is 0.538. The highest BCUT2D eigenvalue weighted by atomic mass is 16.6. The number of fused-ring (bicyclic) bond motifs is 2. The molecule has 106 valence electrons. The van der Waals surface area contributed by atoms with Crippen LogP contribution in [0.5, 0.6) is 11.5 Å². The lowest BCUT2D eigenvalue weighted by atomic mass is 10.0. The van der Waals surface area contributed by atoms with E-state index in [1.54, 1.807) is 7.11 Å².